The highest BCUT2D eigenvalue weighted by Gasteiger charge is 2.10. The summed E-state index contributed by atoms with van der Waals surface area (Å²) in [6, 6.07) is 0. The van der Waals surface area contributed by atoms with E-state index in [9.17, 15) is 0 Å². The molecule has 0 aliphatic rings. The van der Waals surface area contributed by atoms with Crippen LogP contribution < -0.4 is 21.5 Å². The minimum absolute atomic E-state index is 0.0844. The van der Waals surface area contributed by atoms with Crippen LogP contribution in [0.5, 0.6) is 0 Å². The first kappa shape index (κ1) is 15.3. The van der Waals surface area contributed by atoms with E-state index >= 15 is 0 Å². The molecule has 4 N–H and O–H groups in total. The number of aromatic nitrogens is 3. The number of anilines is 3. The van der Waals surface area contributed by atoms with E-state index in [4.69, 9.17) is 15.3 Å². The molecule has 9 nitrogen and oxygen atoms in total. The Labute approximate surface area is 112 Å². The molecule has 1 rings (SSSR count). The van der Waals surface area contributed by atoms with Crippen molar-refractivity contribution >= 4 is 17.8 Å². The Hall–Kier alpha value is -1.71. The Morgan fingerprint density at radius 2 is 1.89 bits per heavy atom. The zero-order valence-corrected chi connectivity index (χ0v) is 11.7. The third-order valence-electron chi connectivity index (χ3n) is 2.33. The van der Waals surface area contributed by atoms with Crippen LogP contribution in [-0.4, -0.2) is 62.5 Å². The molecule has 0 saturated heterocycles. The monoisotopic (exact) mass is 271 g/mol. The summed E-state index contributed by atoms with van der Waals surface area (Å²) >= 11 is 0. The van der Waals surface area contributed by atoms with E-state index in [0.717, 1.165) is 0 Å². The van der Waals surface area contributed by atoms with Gasteiger partial charge in [-0.15, -0.1) is 0 Å². The Morgan fingerprint density at radius 3 is 2.42 bits per heavy atom. The summed E-state index contributed by atoms with van der Waals surface area (Å²) in [7, 11) is 6.91. The lowest BCUT2D eigenvalue weighted by Crippen LogP contribution is -2.28. The fraction of sp³-hybridized carbons (Fsp3) is 0.700. The molecule has 0 radical (unpaired) electrons. The molecular weight excluding hydrogens is 250 g/mol. The van der Waals surface area contributed by atoms with Crippen molar-refractivity contribution in [2.75, 3.05) is 57.1 Å². The molecule has 0 aromatic carbocycles. The van der Waals surface area contributed by atoms with Crippen LogP contribution in [-0.2, 0) is 9.47 Å². The number of nitrogens with two attached hydrogens (primary N) is 1. The van der Waals surface area contributed by atoms with E-state index in [0.29, 0.717) is 31.0 Å². The van der Waals surface area contributed by atoms with E-state index < -0.39 is 0 Å². The highest BCUT2D eigenvalue weighted by atomic mass is 16.5. The van der Waals surface area contributed by atoms with E-state index in [-0.39, 0.29) is 6.10 Å². The smallest absolute Gasteiger partial charge is 0.243 e. The maximum absolute atomic E-state index is 5.32. The van der Waals surface area contributed by atoms with Crippen LogP contribution in [0.4, 0.5) is 17.8 Å². The summed E-state index contributed by atoms with van der Waals surface area (Å²) in [6.07, 6.45) is -0.0844. The summed E-state index contributed by atoms with van der Waals surface area (Å²) < 4.78 is 10.3. The van der Waals surface area contributed by atoms with Gasteiger partial charge in [0.15, 0.2) is 0 Å². The second-order valence-corrected chi connectivity index (χ2v) is 4.02. The Bertz CT molecular complexity index is 388. The van der Waals surface area contributed by atoms with E-state index in [1.807, 2.05) is 14.1 Å². The highest BCUT2D eigenvalue weighted by molar-refractivity contribution is 5.42. The van der Waals surface area contributed by atoms with Gasteiger partial charge in [-0.3, -0.25) is 5.43 Å². The number of nitrogens with one attached hydrogen (secondary N) is 2. The molecule has 0 aliphatic carbocycles. The van der Waals surface area contributed by atoms with Crippen molar-refractivity contribution in [1.29, 1.82) is 0 Å². The zero-order valence-electron chi connectivity index (χ0n) is 11.7. The number of ether oxygens (including phenoxy) is 2. The molecular formula is C10H21N7O2. The lowest BCUT2D eigenvalue weighted by Gasteiger charge is -2.16. The molecule has 0 bridgehead atoms. The first-order valence-electron chi connectivity index (χ1n) is 5.76. The first-order valence-corrected chi connectivity index (χ1v) is 5.76. The summed E-state index contributed by atoms with van der Waals surface area (Å²) in [6.45, 7) is 1.00. The first-order chi connectivity index (χ1) is 9.10. The molecule has 9 heteroatoms. The van der Waals surface area contributed by atoms with Gasteiger partial charge >= 0.3 is 0 Å². The van der Waals surface area contributed by atoms with Gasteiger partial charge in [-0.25, -0.2) is 5.84 Å². The largest absolute Gasteiger partial charge is 0.382 e. The second kappa shape index (κ2) is 7.67. The maximum Gasteiger partial charge on any atom is 0.243 e. The number of hydrogen-bond donors (Lipinski definition) is 3. The quantitative estimate of drug-likeness (QED) is 0.417. The maximum atomic E-state index is 5.32. The molecule has 1 unspecified atom stereocenters. The third-order valence-corrected chi connectivity index (χ3v) is 2.33. The van der Waals surface area contributed by atoms with Gasteiger partial charge in [0, 0.05) is 34.9 Å². The van der Waals surface area contributed by atoms with Crippen LogP contribution in [0.2, 0.25) is 0 Å². The van der Waals surface area contributed by atoms with Gasteiger partial charge in [-0.05, 0) is 0 Å². The zero-order chi connectivity index (χ0) is 14.3. The van der Waals surface area contributed by atoms with Gasteiger partial charge in [0.2, 0.25) is 17.8 Å². The average Bonchev–Trinajstić information content (AvgIpc) is 2.42. The number of hydrazine groups is 1. The van der Waals surface area contributed by atoms with E-state index in [2.05, 4.69) is 25.7 Å². The van der Waals surface area contributed by atoms with Crippen molar-refractivity contribution in [2.24, 2.45) is 5.84 Å². The molecule has 0 spiro atoms. The van der Waals surface area contributed by atoms with Crippen LogP contribution >= 0.6 is 0 Å². The van der Waals surface area contributed by atoms with Gasteiger partial charge < -0.3 is 19.7 Å². The lowest BCUT2D eigenvalue weighted by atomic mass is 10.4. The fourth-order valence-electron chi connectivity index (χ4n) is 1.31. The SMILES string of the molecule is COCC(CNc1nc(NN)nc(N(C)C)n1)OC. The normalized spacial score (nSPS) is 12.1. The molecule has 108 valence electrons. The van der Waals surface area contributed by atoms with Gasteiger partial charge in [0.05, 0.1) is 12.7 Å². The lowest BCUT2D eigenvalue weighted by molar-refractivity contribution is 0.0365. The fourth-order valence-corrected chi connectivity index (χ4v) is 1.31. The van der Waals surface area contributed by atoms with Crippen LogP contribution in [0.1, 0.15) is 0 Å². The minimum Gasteiger partial charge on any atom is -0.382 e. The number of methoxy groups -OCH3 is 2. The van der Waals surface area contributed by atoms with Gasteiger partial charge in [-0.1, -0.05) is 0 Å². The number of nitrogen functional groups attached to an aromatic ring is 1. The summed E-state index contributed by atoms with van der Waals surface area (Å²) in [5.74, 6) is 6.54. The number of hydrogen-bond acceptors (Lipinski definition) is 9. The van der Waals surface area contributed by atoms with Gasteiger partial charge in [0.25, 0.3) is 0 Å². The van der Waals surface area contributed by atoms with Crippen molar-refractivity contribution in [3.63, 3.8) is 0 Å². The molecule has 0 saturated carbocycles. The summed E-state index contributed by atoms with van der Waals surface area (Å²) in [4.78, 5) is 14.2. The third kappa shape index (κ3) is 4.81. The molecule has 1 aromatic heterocycles. The van der Waals surface area contributed by atoms with Crippen molar-refractivity contribution in [3.8, 4) is 0 Å². The molecule has 1 heterocycles. The molecule has 0 fully saturated rings. The topological polar surface area (TPSA) is 110 Å². The molecule has 1 aromatic rings. The summed E-state index contributed by atoms with van der Waals surface area (Å²) in [5, 5.41) is 3.06. The van der Waals surface area contributed by atoms with Gasteiger partial charge in [-0.2, -0.15) is 15.0 Å². The Morgan fingerprint density at radius 1 is 1.21 bits per heavy atom. The average molecular weight is 271 g/mol. The summed E-state index contributed by atoms with van der Waals surface area (Å²) in [5.41, 5.74) is 2.40. The molecule has 19 heavy (non-hydrogen) atoms. The van der Waals surface area contributed by atoms with Crippen molar-refractivity contribution in [2.45, 2.75) is 6.10 Å². The standard InChI is InChI=1S/C10H21N7O2/c1-17(2)10-14-8(13-9(15-10)16-11)12-5-7(19-4)6-18-3/h7H,5-6,11H2,1-4H3,(H2,12,13,14,15,16). The second-order valence-electron chi connectivity index (χ2n) is 4.02. The number of rotatable bonds is 8. The molecule has 1 atom stereocenters. The van der Waals surface area contributed by atoms with Crippen LogP contribution in [0.3, 0.4) is 0 Å². The minimum atomic E-state index is -0.0844. The highest BCUT2D eigenvalue weighted by Crippen LogP contribution is 2.10. The Kier molecular flexibility index (Phi) is 6.19. The predicted molar refractivity (Wildman–Crippen MR) is 73.1 cm³/mol. The van der Waals surface area contributed by atoms with E-state index in [1.165, 1.54) is 0 Å². The number of nitrogens with zero attached hydrogens (tertiary/aromatic N) is 4. The van der Waals surface area contributed by atoms with Crippen molar-refractivity contribution in [3.05, 3.63) is 0 Å². The van der Waals surface area contributed by atoms with Crippen LogP contribution in [0.15, 0.2) is 0 Å². The van der Waals surface area contributed by atoms with Crippen molar-refractivity contribution < 1.29 is 9.47 Å². The van der Waals surface area contributed by atoms with Crippen LogP contribution in [0.25, 0.3) is 0 Å². The van der Waals surface area contributed by atoms with Crippen LogP contribution in [0, 0.1) is 0 Å². The molecule has 0 amide bonds. The van der Waals surface area contributed by atoms with Crippen molar-refractivity contribution in [1.82, 2.24) is 15.0 Å². The van der Waals surface area contributed by atoms with Gasteiger partial charge in [0.1, 0.15) is 0 Å². The molecule has 0 aliphatic heterocycles. The Balaban J connectivity index is 2.73. The predicted octanol–water partition coefficient (Wildman–Crippen LogP) is -0.703. The van der Waals surface area contributed by atoms with E-state index in [1.54, 1.807) is 19.1 Å².